The van der Waals surface area contributed by atoms with Gasteiger partial charge in [0.1, 0.15) is 5.78 Å². The molecule has 2 nitrogen and oxygen atoms in total. The van der Waals surface area contributed by atoms with Crippen LogP contribution >= 0.6 is 0 Å². The number of ketones is 1. The topological polar surface area (TPSA) is 29.6 Å². The standard InChI is InChI=1S/C13H22O2/c1-3-10-6-5-7-12(14)13(10,4-2)8-11-9-15-11/h10-11H,3-9H2,1-2H3. The van der Waals surface area contributed by atoms with Gasteiger partial charge in [0, 0.05) is 11.8 Å². The second kappa shape index (κ2) is 4.25. The van der Waals surface area contributed by atoms with E-state index in [1.807, 2.05) is 0 Å². The van der Waals surface area contributed by atoms with Crippen LogP contribution in [0.5, 0.6) is 0 Å². The zero-order valence-corrected chi connectivity index (χ0v) is 9.92. The zero-order valence-electron chi connectivity index (χ0n) is 9.92. The van der Waals surface area contributed by atoms with Gasteiger partial charge >= 0.3 is 0 Å². The molecule has 15 heavy (non-hydrogen) atoms. The summed E-state index contributed by atoms with van der Waals surface area (Å²) in [6.45, 7) is 5.28. The molecule has 1 aliphatic carbocycles. The molecule has 2 aliphatic rings. The summed E-state index contributed by atoms with van der Waals surface area (Å²) in [5.41, 5.74) is -0.0336. The van der Waals surface area contributed by atoms with Gasteiger partial charge < -0.3 is 4.74 Å². The Morgan fingerprint density at radius 3 is 2.73 bits per heavy atom. The van der Waals surface area contributed by atoms with Crippen LogP contribution in [0.15, 0.2) is 0 Å². The van der Waals surface area contributed by atoms with E-state index < -0.39 is 0 Å². The Labute approximate surface area is 92.4 Å². The molecular weight excluding hydrogens is 188 g/mol. The molecule has 0 N–H and O–H groups in total. The minimum atomic E-state index is -0.0336. The first-order valence-electron chi connectivity index (χ1n) is 6.38. The van der Waals surface area contributed by atoms with Crippen LogP contribution < -0.4 is 0 Å². The highest BCUT2D eigenvalue weighted by atomic mass is 16.6. The van der Waals surface area contributed by atoms with Crippen LogP contribution in [0.4, 0.5) is 0 Å². The largest absolute Gasteiger partial charge is 0.373 e. The maximum Gasteiger partial charge on any atom is 0.139 e. The molecule has 1 aliphatic heterocycles. The number of carbonyl (C=O) groups is 1. The summed E-state index contributed by atoms with van der Waals surface area (Å²) in [5, 5.41) is 0. The highest BCUT2D eigenvalue weighted by Gasteiger charge is 2.48. The summed E-state index contributed by atoms with van der Waals surface area (Å²) in [6.07, 6.45) is 6.67. The monoisotopic (exact) mass is 210 g/mol. The highest BCUT2D eigenvalue weighted by molar-refractivity contribution is 5.86. The lowest BCUT2D eigenvalue weighted by Gasteiger charge is -2.42. The van der Waals surface area contributed by atoms with Crippen molar-refractivity contribution in [2.75, 3.05) is 6.61 Å². The molecule has 1 saturated heterocycles. The molecule has 3 atom stereocenters. The first-order valence-corrected chi connectivity index (χ1v) is 6.38. The summed E-state index contributed by atoms with van der Waals surface area (Å²) in [6, 6.07) is 0. The van der Waals surface area contributed by atoms with Crippen molar-refractivity contribution >= 4 is 5.78 Å². The van der Waals surface area contributed by atoms with Crippen LogP contribution in [0.25, 0.3) is 0 Å². The molecule has 0 bridgehead atoms. The number of carbonyl (C=O) groups excluding carboxylic acids is 1. The molecule has 2 fully saturated rings. The SMILES string of the molecule is CCC1CCCC(=O)C1(CC)CC1CO1. The van der Waals surface area contributed by atoms with Crippen LogP contribution in [-0.4, -0.2) is 18.5 Å². The van der Waals surface area contributed by atoms with Crippen molar-refractivity contribution in [3.05, 3.63) is 0 Å². The van der Waals surface area contributed by atoms with Crippen LogP contribution in [0, 0.1) is 11.3 Å². The van der Waals surface area contributed by atoms with Crippen molar-refractivity contribution in [1.29, 1.82) is 0 Å². The van der Waals surface area contributed by atoms with Gasteiger partial charge in [-0.3, -0.25) is 4.79 Å². The summed E-state index contributed by atoms with van der Waals surface area (Å²) in [7, 11) is 0. The third-order valence-corrected chi connectivity index (χ3v) is 4.41. The van der Waals surface area contributed by atoms with Crippen molar-refractivity contribution in [1.82, 2.24) is 0 Å². The zero-order chi connectivity index (χ0) is 10.9. The quantitative estimate of drug-likeness (QED) is 0.668. The summed E-state index contributed by atoms with van der Waals surface area (Å²) >= 11 is 0. The molecule has 0 radical (unpaired) electrons. The van der Waals surface area contributed by atoms with Crippen LogP contribution in [0.2, 0.25) is 0 Å². The number of ether oxygens (including phenoxy) is 1. The van der Waals surface area contributed by atoms with Crippen molar-refractivity contribution in [2.24, 2.45) is 11.3 Å². The average molecular weight is 210 g/mol. The van der Waals surface area contributed by atoms with E-state index in [0.29, 0.717) is 17.8 Å². The number of hydrogen-bond acceptors (Lipinski definition) is 2. The predicted octanol–water partition coefficient (Wildman–Crippen LogP) is 2.95. The predicted molar refractivity (Wildman–Crippen MR) is 59.7 cm³/mol. The third-order valence-electron chi connectivity index (χ3n) is 4.41. The van der Waals surface area contributed by atoms with E-state index in [-0.39, 0.29) is 5.41 Å². The van der Waals surface area contributed by atoms with Crippen molar-refractivity contribution in [2.45, 2.75) is 58.5 Å². The lowest BCUT2D eigenvalue weighted by molar-refractivity contribution is -0.136. The third kappa shape index (κ3) is 1.96. The van der Waals surface area contributed by atoms with E-state index in [4.69, 9.17) is 4.74 Å². The minimum absolute atomic E-state index is 0.0336. The van der Waals surface area contributed by atoms with E-state index >= 15 is 0 Å². The fourth-order valence-corrected chi connectivity index (χ4v) is 3.36. The fourth-order valence-electron chi connectivity index (χ4n) is 3.36. The van der Waals surface area contributed by atoms with Gasteiger partial charge in [-0.15, -0.1) is 0 Å². The molecule has 0 aromatic heterocycles. The van der Waals surface area contributed by atoms with Crippen LogP contribution in [0.1, 0.15) is 52.4 Å². The molecule has 2 rings (SSSR count). The molecule has 0 aromatic rings. The van der Waals surface area contributed by atoms with E-state index in [2.05, 4.69) is 13.8 Å². The Balaban J connectivity index is 2.17. The highest BCUT2D eigenvalue weighted by Crippen LogP contribution is 2.48. The molecule has 0 aromatic carbocycles. The van der Waals surface area contributed by atoms with E-state index in [1.54, 1.807) is 0 Å². The minimum Gasteiger partial charge on any atom is -0.373 e. The lowest BCUT2D eigenvalue weighted by Crippen LogP contribution is -2.42. The molecule has 86 valence electrons. The van der Waals surface area contributed by atoms with Gasteiger partial charge in [-0.25, -0.2) is 0 Å². The van der Waals surface area contributed by atoms with Gasteiger partial charge in [0.25, 0.3) is 0 Å². The fraction of sp³-hybridized carbons (Fsp3) is 0.923. The molecule has 1 heterocycles. The summed E-state index contributed by atoms with van der Waals surface area (Å²) in [4.78, 5) is 12.2. The van der Waals surface area contributed by atoms with Crippen molar-refractivity contribution in [3.8, 4) is 0 Å². The van der Waals surface area contributed by atoms with Gasteiger partial charge in [-0.05, 0) is 31.6 Å². The second-order valence-electron chi connectivity index (χ2n) is 5.09. The summed E-state index contributed by atoms with van der Waals surface area (Å²) in [5.74, 6) is 1.12. The Bertz CT molecular complexity index is 245. The van der Waals surface area contributed by atoms with Gasteiger partial charge in [-0.2, -0.15) is 0 Å². The van der Waals surface area contributed by atoms with Gasteiger partial charge in [-0.1, -0.05) is 20.3 Å². The number of rotatable bonds is 4. The number of epoxide rings is 1. The molecular formula is C13H22O2. The first kappa shape index (κ1) is 11.1. The maximum atomic E-state index is 12.2. The van der Waals surface area contributed by atoms with E-state index in [0.717, 1.165) is 38.7 Å². The normalized spacial score (nSPS) is 40.5. The molecule has 1 saturated carbocycles. The Kier molecular flexibility index (Phi) is 3.15. The molecule has 3 unspecified atom stereocenters. The number of Topliss-reactive ketones (excluding diaryl/α,β-unsaturated/α-hetero) is 1. The smallest absolute Gasteiger partial charge is 0.139 e. The second-order valence-corrected chi connectivity index (χ2v) is 5.09. The molecule has 0 spiro atoms. The van der Waals surface area contributed by atoms with E-state index in [9.17, 15) is 4.79 Å². The van der Waals surface area contributed by atoms with Crippen LogP contribution in [0.3, 0.4) is 0 Å². The van der Waals surface area contributed by atoms with Crippen molar-refractivity contribution < 1.29 is 9.53 Å². The maximum absolute atomic E-state index is 12.2. The molecule has 0 amide bonds. The first-order chi connectivity index (χ1) is 7.23. The Hall–Kier alpha value is -0.370. The van der Waals surface area contributed by atoms with Gasteiger partial charge in [0.15, 0.2) is 0 Å². The average Bonchev–Trinajstić information content (AvgIpc) is 3.04. The van der Waals surface area contributed by atoms with Gasteiger partial charge in [0.2, 0.25) is 0 Å². The van der Waals surface area contributed by atoms with E-state index in [1.165, 1.54) is 6.42 Å². The van der Waals surface area contributed by atoms with Gasteiger partial charge in [0.05, 0.1) is 12.7 Å². The number of hydrogen-bond donors (Lipinski definition) is 0. The molecule has 2 heteroatoms. The Morgan fingerprint density at radius 2 is 2.20 bits per heavy atom. The Morgan fingerprint density at radius 1 is 1.47 bits per heavy atom. The lowest BCUT2D eigenvalue weighted by atomic mass is 9.61. The summed E-state index contributed by atoms with van der Waals surface area (Å²) < 4.78 is 5.33. The van der Waals surface area contributed by atoms with Crippen molar-refractivity contribution in [3.63, 3.8) is 0 Å². The van der Waals surface area contributed by atoms with Crippen LogP contribution in [-0.2, 0) is 9.53 Å².